The molecule has 0 bridgehead atoms. The molecule has 0 saturated carbocycles. The van der Waals surface area contributed by atoms with Gasteiger partial charge in [0.15, 0.2) is 5.66 Å². The van der Waals surface area contributed by atoms with Crippen LogP contribution in [0.5, 0.6) is 0 Å². The number of hydrogen-bond donors (Lipinski definition) is 1. The lowest BCUT2D eigenvalue weighted by molar-refractivity contribution is -0.264. The zero-order chi connectivity index (χ0) is 13.6. The molecule has 4 nitrogen and oxygen atoms in total. The molecule has 0 spiro atoms. The second kappa shape index (κ2) is 4.16. The Morgan fingerprint density at radius 3 is 2.22 bits per heavy atom. The lowest BCUT2D eigenvalue weighted by Gasteiger charge is -2.35. The van der Waals surface area contributed by atoms with Gasteiger partial charge < -0.3 is 5.11 Å². The zero-order valence-corrected chi connectivity index (χ0v) is 11.2. The number of hydroxylamine groups is 2. The predicted molar refractivity (Wildman–Crippen MR) is 69.7 cm³/mol. The van der Waals surface area contributed by atoms with E-state index in [4.69, 9.17) is 0 Å². The molecule has 2 rings (SSSR count). The van der Waals surface area contributed by atoms with E-state index >= 15 is 0 Å². The molecular formula is C14H19N2O2. The van der Waals surface area contributed by atoms with Gasteiger partial charge in [-0.2, -0.15) is 0 Å². The predicted octanol–water partition coefficient (Wildman–Crippen LogP) is 2.01. The summed E-state index contributed by atoms with van der Waals surface area (Å²) in [5, 5.41) is 23.1. The highest BCUT2D eigenvalue weighted by Crippen LogP contribution is 2.38. The average molecular weight is 247 g/mol. The Hall–Kier alpha value is -1.23. The van der Waals surface area contributed by atoms with Gasteiger partial charge in [0.25, 0.3) is 0 Å². The number of aliphatic hydroxyl groups excluding tert-OH is 1. The van der Waals surface area contributed by atoms with E-state index in [1.54, 1.807) is 13.8 Å². The number of aliphatic imine (C=N–C) groups is 1. The minimum absolute atomic E-state index is 0.724. The largest absolute Gasteiger partial charge is 0.389 e. The molecule has 0 fully saturated rings. The van der Waals surface area contributed by atoms with E-state index in [0.717, 1.165) is 16.3 Å². The van der Waals surface area contributed by atoms with Gasteiger partial charge in [0.2, 0.25) is 0 Å². The van der Waals surface area contributed by atoms with Crippen LogP contribution in [0, 0.1) is 0 Å². The first kappa shape index (κ1) is 13.2. The van der Waals surface area contributed by atoms with Crippen LogP contribution in [0.1, 0.15) is 33.3 Å². The van der Waals surface area contributed by atoms with E-state index in [2.05, 4.69) is 4.99 Å². The molecule has 1 aromatic rings. The van der Waals surface area contributed by atoms with Crippen LogP contribution >= 0.6 is 0 Å². The number of rotatable bonds is 2. The summed E-state index contributed by atoms with van der Waals surface area (Å²) in [4.78, 5) is 4.50. The summed E-state index contributed by atoms with van der Waals surface area (Å²) in [5.41, 5.74) is -0.212. The molecule has 0 amide bonds. The van der Waals surface area contributed by atoms with Crippen LogP contribution in [-0.4, -0.2) is 33.2 Å². The minimum Gasteiger partial charge on any atom is -0.389 e. The second-order valence-corrected chi connectivity index (χ2v) is 5.45. The Balaban J connectivity index is 2.53. The van der Waals surface area contributed by atoms with Crippen molar-refractivity contribution >= 4 is 5.71 Å². The standard InChI is InChI=1S/C14H19N2O2/c1-10(17)14(4)15-12(13(2,3)16(14)18)11-8-6-5-7-9-11/h5-10,17H,1-4H3. The van der Waals surface area contributed by atoms with E-state index in [1.807, 2.05) is 44.2 Å². The molecule has 2 unspecified atom stereocenters. The first-order valence-electron chi connectivity index (χ1n) is 6.11. The fourth-order valence-corrected chi connectivity index (χ4v) is 2.35. The Morgan fingerprint density at radius 1 is 1.22 bits per heavy atom. The highest BCUT2D eigenvalue weighted by atomic mass is 16.5. The fraction of sp³-hybridized carbons (Fsp3) is 0.500. The van der Waals surface area contributed by atoms with Crippen LogP contribution in [0.25, 0.3) is 0 Å². The average Bonchev–Trinajstić information content (AvgIpc) is 2.52. The van der Waals surface area contributed by atoms with E-state index in [-0.39, 0.29) is 0 Å². The number of hydrogen-bond acceptors (Lipinski definition) is 3. The van der Waals surface area contributed by atoms with E-state index < -0.39 is 17.3 Å². The molecule has 1 aliphatic rings. The first-order chi connectivity index (χ1) is 8.30. The molecule has 1 heterocycles. The van der Waals surface area contributed by atoms with Crippen LogP contribution in [0.3, 0.4) is 0 Å². The van der Waals surface area contributed by atoms with Crippen LogP contribution in [0.4, 0.5) is 0 Å². The van der Waals surface area contributed by atoms with Crippen molar-refractivity contribution in [2.45, 2.75) is 45.0 Å². The maximum Gasteiger partial charge on any atom is 0.162 e. The molecular weight excluding hydrogens is 228 g/mol. The highest BCUT2D eigenvalue weighted by Gasteiger charge is 2.53. The lowest BCUT2D eigenvalue weighted by atomic mass is 9.92. The summed E-state index contributed by atoms with van der Waals surface area (Å²) in [6.45, 7) is 6.93. The van der Waals surface area contributed by atoms with Crippen LogP contribution in [-0.2, 0) is 5.21 Å². The Bertz CT molecular complexity index is 468. The van der Waals surface area contributed by atoms with Gasteiger partial charge in [-0.25, -0.2) is 0 Å². The quantitative estimate of drug-likeness (QED) is 0.869. The topological polar surface area (TPSA) is 55.7 Å². The van der Waals surface area contributed by atoms with Crippen molar-refractivity contribution in [2.75, 3.05) is 0 Å². The third-order valence-corrected chi connectivity index (χ3v) is 3.68. The van der Waals surface area contributed by atoms with Crippen molar-refractivity contribution in [2.24, 2.45) is 4.99 Å². The highest BCUT2D eigenvalue weighted by molar-refractivity contribution is 6.08. The minimum atomic E-state index is -1.12. The molecule has 1 N–H and O–H groups in total. The van der Waals surface area contributed by atoms with Crippen LogP contribution in [0.2, 0.25) is 0 Å². The van der Waals surface area contributed by atoms with Gasteiger partial charge in [-0.15, -0.1) is 10.3 Å². The fourth-order valence-electron chi connectivity index (χ4n) is 2.35. The van der Waals surface area contributed by atoms with Gasteiger partial charge in [0.05, 0.1) is 17.4 Å². The van der Waals surface area contributed by atoms with Crippen molar-refractivity contribution in [1.29, 1.82) is 0 Å². The smallest absolute Gasteiger partial charge is 0.162 e. The van der Waals surface area contributed by atoms with Gasteiger partial charge in [0.1, 0.15) is 0 Å². The Morgan fingerprint density at radius 2 is 1.78 bits per heavy atom. The summed E-state index contributed by atoms with van der Waals surface area (Å²) in [5.74, 6) is 0. The number of nitrogens with zero attached hydrogens (tertiary/aromatic N) is 2. The van der Waals surface area contributed by atoms with Gasteiger partial charge >= 0.3 is 0 Å². The lowest BCUT2D eigenvalue weighted by Crippen LogP contribution is -2.55. The van der Waals surface area contributed by atoms with Crippen LogP contribution in [0.15, 0.2) is 35.3 Å². The summed E-state index contributed by atoms with van der Waals surface area (Å²) >= 11 is 0. The Labute approximate surface area is 108 Å². The SMILES string of the molecule is CC(O)C1(C)N=C(c2ccccc2)C(C)(C)N1[O]. The molecule has 0 aliphatic carbocycles. The third-order valence-electron chi connectivity index (χ3n) is 3.68. The molecule has 0 saturated heterocycles. The molecule has 1 radical (unpaired) electrons. The maximum atomic E-state index is 12.4. The Kier molecular flexibility index (Phi) is 3.05. The van der Waals surface area contributed by atoms with E-state index in [0.29, 0.717) is 0 Å². The molecule has 0 aromatic heterocycles. The third kappa shape index (κ3) is 1.77. The molecule has 97 valence electrons. The van der Waals surface area contributed by atoms with Gasteiger partial charge in [-0.05, 0) is 33.3 Å². The molecule has 4 heteroatoms. The van der Waals surface area contributed by atoms with Crippen molar-refractivity contribution in [1.82, 2.24) is 5.06 Å². The second-order valence-electron chi connectivity index (χ2n) is 5.45. The summed E-state index contributed by atoms with van der Waals surface area (Å²) in [6.07, 6.45) is -0.824. The maximum absolute atomic E-state index is 12.4. The van der Waals surface area contributed by atoms with Gasteiger partial charge in [-0.1, -0.05) is 30.3 Å². The van der Waals surface area contributed by atoms with Crippen molar-refractivity contribution in [3.05, 3.63) is 35.9 Å². The normalized spacial score (nSPS) is 29.1. The molecule has 2 atom stereocenters. The van der Waals surface area contributed by atoms with E-state index in [1.165, 1.54) is 0 Å². The van der Waals surface area contributed by atoms with Crippen molar-refractivity contribution in [3.8, 4) is 0 Å². The molecule has 1 aliphatic heterocycles. The molecule has 18 heavy (non-hydrogen) atoms. The van der Waals surface area contributed by atoms with Crippen LogP contribution < -0.4 is 0 Å². The van der Waals surface area contributed by atoms with Crippen molar-refractivity contribution in [3.63, 3.8) is 0 Å². The number of benzene rings is 1. The van der Waals surface area contributed by atoms with Crippen molar-refractivity contribution < 1.29 is 10.3 Å². The van der Waals surface area contributed by atoms with Gasteiger partial charge in [0, 0.05) is 0 Å². The summed E-state index contributed by atoms with van der Waals surface area (Å²) in [7, 11) is 0. The zero-order valence-electron chi connectivity index (χ0n) is 11.2. The first-order valence-corrected chi connectivity index (χ1v) is 6.11. The van der Waals surface area contributed by atoms with E-state index in [9.17, 15) is 10.3 Å². The van der Waals surface area contributed by atoms with Gasteiger partial charge in [-0.3, -0.25) is 4.99 Å². The summed E-state index contributed by atoms with van der Waals surface area (Å²) < 4.78 is 0. The monoisotopic (exact) mass is 247 g/mol. The number of aliphatic hydroxyl groups is 1. The summed E-state index contributed by atoms with van der Waals surface area (Å²) in [6, 6.07) is 9.63. The molecule has 1 aromatic carbocycles.